The molecule has 17 heavy (non-hydrogen) atoms. The van der Waals surface area contributed by atoms with E-state index in [0.717, 1.165) is 5.69 Å². The Labute approximate surface area is 107 Å². The molecule has 0 saturated carbocycles. The van der Waals surface area contributed by atoms with Crippen molar-refractivity contribution >= 4 is 27.4 Å². The average Bonchev–Trinajstić information content (AvgIpc) is 2.33. The minimum Gasteiger partial charge on any atom is -0.339 e. The van der Waals surface area contributed by atoms with Gasteiger partial charge in [-0.25, -0.2) is 14.4 Å². The number of anilines is 2. The summed E-state index contributed by atoms with van der Waals surface area (Å²) < 4.78 is 13.8. The van der Waals surface area contributed by atoms with Gasteiger partial charge in [-0.15, -0.1) is 0 Å². The van der Waals surface area contributed by atoms with Crippen LogP contribution in [0.1, 0.15) is 18.8 Å². The zero-order valence-corrected chi connectivity index (χ0v) is 10.8. The van der Waals surface area contributed by atoms with E-state index in [4.69, 9.17) is 0 Å². The van der Waals surface area contributed by atoms with Gasteiger partial charge in [0.1, 0.15) is 18.3 Å². The fourth-order valence-electron chi connectivity index (χ4n) is 1.41. The molecule has 1 aromatic carbocycles. The number of alkyl halides is 1. The molecule has 1 aromatic heterocycles. The molecule has 0 bridgehead atoms. The summed E-state index contributed by atoms with van der Waals surface area (Å²) in [4.78, 5) is 7.99. The lowest BCUT2D eigenvalue weighted by molar-refractivity contribution is 0.364. The van der Waals surface area contributed by atoms with Crippen molar-refractivity contribution in [1.29, 1.82) is 0 Å². The number of nitrogens with one attached hydrogen (secondary N) is 1. The first-order chi connectivity index (χ1) is 8.18. The topological polar surface area (TPSA) is 37.8 Å². The average molecular weight is 296 g/mol. The summed E-state index contributed by atoms with van der Waals surface area (Å²) in [7, 11) is 0. The Kier molecular flexibility index (Phi) is 3.68. The molecule has 5 heteroatoms. The molecule has 0 radical (unpaired) electrons. The number of hydrogen-bond acceptors (Lipinski definition) is 3. The summed E-state index contributed by atoms with van der Waals surface area (Å²) in [6.07, 6.45) is 0.213. The third-order valence-electron chi connectivity index (χ3n) is 2.23. The number of rotatable bonds is 3. The van der Waals surface area contributed by atoms with Crippen molar-refractivity contribution in [3.8, 4) is 0 Å². The maximum atomic E-state index is 13.3. The van der Waals surface area contributed by atoms with E-state index in [2.05, 4.69) is 31.2 Å². The van der Waals surface area contributed by atoms with Gasteiger partial charge < -0.3 is 5.32 Å². The number of hydrogen-bond donors (Lipinski definition) is 1. The maximum Gasteiger partial charge on any atom is 0.148 e. The van der Waals surface area contributed by atoms with Gasteiger partial charge in [-0.1, -0.05) is 18.2 Å². The van der Waals surface area contributed by atoms with Crippen molar-refractivity contribution in [1.82, 2.24) is 9.97 Å². The summed E-state index contributed by atoms with van der Waals surface area (Å²) in [6, 6.07) is 9.57. The molecule has 1 unspecified atom stereocenters. The van der Waals surface area contributed by atoms with Crippen molar-refractivity contribution < 1.29 is 4.39 Å². The fraction of sp³-hybridized carbons (Fsp3) is 0.167. The molecule has 0 aliphatic rings. The molecule has 0 aliphatic carbocycles. The highest BCUT2D eigenvalue weighted by Crippen LogP contribution is 2.30. The Morgan fingerprint density at radius 1 is 1.24 bits per heavy atom. The molecule has 88 valence electrons. The standard InChI is InChI=1S/C12H11BrFN3/c1-8(14)11-10(13)12(16-7-15-11)17-9-5-3-2-4-6-9/h2-8H,1H3,(H,15,16,17). The highest BCUT2D eigenvalue weighted by molar-refractivity contribution is 9.10. The molecule has 2 aromatic rings. The minimum atomic E-state index is -1.14. The first-order valence-corrected chi connectivity index (χ1v) is 5.94. The van der Waals surface area contributed by atoms with Crippen LogP contribution in [-0.2, 0) is 0 Å². The monoisotopic (exact) mass is 295 g/mol. The second-order valence-corrected chi connectivity index (χ2v) is 4.32. The van der Waals surface area contributed by atoms with Crippen LogP contribution in [0.2, 0.25) is 0 Å². The molecule has 1 heterocycles. The van der Waals surface area contributed by atoms with Gasteiger partial charge in [-0.05, 0) is 35.0 Å². The van der Waals surface area contributed by atoms with Crippen molar-refractivity contribution in [2.24, 2.45) is 0 Å². The molecule has 0 spiro atoms. The Balaban J connectivity index is 2.31. The van der Waals surface area contributed by atoms with E-state index in [9.17, 15) is 4.39 Å². The van der Waals surface area contributed by atoms with Crippen LogP contribution in [0.4, 0.5) is 15.9 Å². The highest BCUT2D eigenvalue weighted by Gasteiger charge is 2.13. The second kappa shape index (κ2) is 5.23. The highest BCUT2D eigenvalue weighted by atomic mass is 79.9. The number of aromatic nitrogens is 2. The zero-order valence-electron chi connectivity index (χ0n) is 9.19. The van der Waals surface area contributed by atoms with Gasteiger partial charge in [0.2, 0.25) is 0 Å². The number of para-hydroxylation sites is 1. The predicted molar refractivity (Wildman–Crippen MR) is 69.0 cm³/mol. The number of halogens is 2. The summed E-state index contributed by atoms with van der Waals surface area (Å²) in [5.41, 5.74) is 1.24. The Morgan fingerprint density at radius 2 is 1.94 bits per heavy atom. The molecular weight excluding hydrogens is 285 g/mol. The molecule has 0 amide bonds. The van der Waals surface area contributed by atoms with Crippen LogP contribution in [0.15, 0.2) is 41.1 Å². The fourth-order valence-corrected chi connectivity index (χ4v) is 2.03. The molecule has 1 atom stereocenters. The molecule has 0 aliphatic heterocycles. The summed E-state index contributed by atoms with van der Waals surface area (Å²) in [5, 5.41) is 3.10. The van der Waals surface area contributed by atoms with E-state index in [0.29, 0.717) is 16.0 Å². The SMILES string of the molecule is CC(F)c1ncnc(Nc2ccccc2)c1Br. The van der Waals surface area contributed by atoms with Crippen molar-refractivity contribution in [2.75, 3.05) is 5.32 Å². The van der Waals surface area contributed by atoms with Crippen LogP contribution >= 0.6 is 15.9 Å². The molecule has 1 N–H and O–H groups in total. The maximum absolute atomic E-state index is 13.3. The molecule has 2 rings (SSSR count). The van der Waals surface area contributed by atoms with Crippen LogP contribution in [0.5, 0.6) is 0 Å². The molecular formula is C12H11BrFN3. The van der Waals surface area contributed by atoms with E-state index in [1.165, 1.54) is 13.3 Å². The third kappa shape index (κ3) is 2.79. The van der Waals surface area contributed by atoms with Crippen molar-refractivity contribution in [2.45, 2.75) is 13.1 Å². The van der Waals surface area contributed by atoms with E-state index in [1.807, 2.05) is 30.3 Å². The van der Waals surface area contributed by atoms with Crippen molar-refractivity contribution in [3.63, 3.8) is 0 Å². The van der Waals surface area contributed by atoms with E-state index in [-0.39, 0.29) is 0 Å². The van der Waals surface area contributed by atoms with Gasteiger partial charge in [-0.2, -0.15) is 0 Å². The largest absolute Gasteiger partial charge is 0.339 e. The number of benzene rings is 1. The lowest BCUT2D eigenvalue weighted by atomic mass is 10.3. The first-order valence-electron chi connectivity index (χ1n) is 5.15. The Hall–Kier alpha value is -1.49. The predicted octanol–water partition coefficient (Wildman–Crippen LogP) is 4.01. The van der Waals surface area contributed by atoms with Crippen molar-refractivity contribution in [3.05, 3.63) is 46.8 Å². The lowest BCUT2D eigenvalue weighted by Gasteiger charge is -2.10. The van der Waals surface area contributed by atoms with E-state index in [1.54, 1.807) is 0 Å². The van der Waals surface area contributed by atoms with E-state index >= 15 is 0 Å². The van der Waals surface area contributed by atoms with Gasteiger partial charge in [0.25, 0.3) is 0 Å². The smallest absolute Gasteiger partial charge is 0.148 e. The van der Waals surface area contributed by atoms with Gasteiger partial charge in [0.05, 0.1) is 10.2 Å². The van der Waals surface area contributed by atoms with Gasteiger partial charge >= 0.3 is 0 Å². The van der Waals surface area contributed by atoms with Crippen LogP contribution in [0.25, 0.3) is 0 Å². The normalized spacial score (nSPS) is 12.2. The molecule has 0 saturated heterocycles. The Morgan fingerprint density at radius 3 is 2.59 bits per heavy atom. The zero-order chi connectivity index (χ0) is 12.3. The van der Waals surface area contributed by atoms with Gasteiger partial charge in [0, 0.05) is 5.69 Å². The van der Waals surface area contributed by atoms with Crippen LogP contribution in [0, 0.1) is 0 Å². The first kappa shape index (κ1) is 12.0. The summed E-state index contributed by atoms with van der Waals surface area (Å²) in [6.45, 7) is 1.44. The van der Waals surface area contributed by atoms with E-state index < -0.39 is 6.17 Å². The number of nitrogens with zero attached hydrogens (tertiary/aromatic N) is 2. The van der Waals surface area contributed by atoms with Crippen LogP contribution < -0.4 is 5.32 Å². The second-order valence-electron chi connectivity index (χ2n) is 3.53. The lowest BCUT2D eigenvalue weighted by Crippen LogP contribution is -2.00. The minimum absolute atomic E-state index is 0.346. The summed E-state index contributed by atoms with van der Waals surface area (Å²) >= 11 is 3.31. The Bertz CT molecular complexity index is 502. The van der Waals surface area contributed by atoms with Crippen LogP contribution in [-0.4, -0.2) is 9.97 Å². The van der Waals surface area contributed by atoms with Gasteiger partial charge in [0.15, 0.2) is 0 Å². The summed E-state index contributed by atoms with van der Waals surface area (Å²) in [5.74, 6) is 0.561. The van der Waals surface area contributed by atoms with Gasteiger partial charge in [-0.3, -0.25) is 0 Å². The molecule has 3 nitrogen and oxygen atoms in total. The third-order valence-corrected chi connectivity index (χ3v) is 3.01. The molecule has 0 fully saturated rings. The quantitative estimate of drug-likeness (QED) is 0.929. The van der Waals surface area contributed by atoms with Crippen LogP contribution in [0.3, 0.4) is 0 Å².